The summed E-state index contributed by atoms with van der Waals surface area (Å²) < 4.78 is 4.93. The van der Waals surface area contributed by atoms with Gasteiger partial charge >= 0.3 is 6.09 Å². The van der Waals surface area contributed by atoms with Crippen molar-refractivity contribution in [3.8, 4) is 11.8 Å². The molecule has 0 fully saturated rings. The first-order valence-electron chi connectivity index (χ1n) is 7.41. The summed E-state index contributed by atoms with van der Waals surface area (Å²) in [6, 6.07) is 15.4. The lowest BCUT2D eigenvalue weighted by Crippen LogP contribution is -2.40. The summed E-state index contributed by atoms with van der Waals surface area (Å²) in [5.74, 6) is 6.28. The second kappa shape index (κ2) is 6.41. The van der Waals surface area contributed by atoms with Gasteiger partial charge < -0.3 is 4.74 Å². The molecule has 3 heteroatoms. The maximum absolute atomic E-state index is 12.2. The third-order valence-corrected chi connectivity index (χ3v) is 3.72. The maximum Gasteiger partial charge on any atom is 0.415 e. The van der Waals surface area contributed by atoms with Gasteiger partial charge in [0, 0.05) is 5.56 Å². The van der Waals surface area contributed by atoms with E-state index in [1.165, 1.54) is 12.7 Å². The minimum atomic E-state index is -0.412. The van der Waals surface area contributed by atoms with Gasteiger partial charge in [0.2, 0.25) is 0 Å². The Kier molecular flexibility index (Phi) is 4.16. The normalized spacial score (nSPS) is 15.4. The Morgan fingerprint density at radius 1 is 1.13 bits per heavy atom. The number of rotatable bonds is 0. The summed E-state index contributed by atoms with van der Waals surface area (Å²) in [4.78, 5) is 13.8. The van der Waals surface area contributed by atoms with Gasteiger partial charge in [-0.25, -0.2) is 4.79 Å². The number of ether oxygens (including phenoxy) is 1. The zero-order valence-corrected chi connectivity index (χ0v) is 13.1. The number of hydrogen-bond donors (Lipinski definition) is 0. The smallest absolute Gasteiger partial charge is 0.415 e. The third kappa shape index (κ3) is 3.12. The van der Waals surface area contributed by atoms with Crippen LogP contribution in [0.1, 0.15) is 16.7 Å². The molecule has 3 nitrogen and oxygen atoms in total. The Balaban J connectivity index is 1.96. The molecule has 0 aromatic heterocycles. The van der Waals surface area contributed by atoms with Crippen LogP contribution in [0.15, 0.2) is 54.6 Å². The minimum Gasteiger partial charge on any atom is -0.452 e. The zero-order chi connectivity index (χ0) is 16.2. The number of benzene rings is 2. The number of methoxy groups -OCH3 is 1. The van der Waals surface area contributed by atoms with Crippen molar-refractivity contribution in [3.63, 3.8) is 0 Å². The summed E-state index contributed by atoms with van der Waals surface area (Å²) in [5, 5.41) is 0. The van der Waals surface area contributed by atoms with E-state index in [1.807, 2.05) is 67.6 Å². The summed E-state index contributed by atoms with van der Waals surface area (Å²) in [5.41, 5.74) is 3.90. The van der Waals surface area contributed by atoms with Crippen molar-refractivity contribution in [1.29, 1.82) is 0 Å². The van der Waals surface area contributed by atoms with Crippen LogP contribution in [0.3, 0.4) is 0 Å². The Morgan fingerprint density at radius 2 is 1.87 bits per heavy atom. The minimum absolute atomic E-state index is 0.348. The van der Waals surface area contributed by atoms with E-state index in [9.17, 15) is 4.79 Å². The number of fused-ring (bicyclic) bond motifs is 1. The molecule has 2 aromatic carbocycles. The van der Waals surface area contributed by atoms with Crippen LogP contribution in [0.25, 0.3) is 6.08 Å². The molecule has 1 aliphatic heterocycles. The van der Waals surface area contributed by atoms with E-state index in [-0.39, 0.29) is 6.04 Å². The van der Waals surface area contributed by atoms with Gasteiger partial charge in [0.1, 0.15) is 6.04 Å². The Bertz CT molecular complexity index is 810. The summed E-state index contributed by atoms with van der Waals surface area (Å²) in [6.45, 7) is 2.04. The van der Waals surface area contributed by atoms with Crippen molar-refractivity contribution in [1.82, 2.24) is 0 Å². The van der Waals surface area contributed by atoms with Crippen LogP contribution in [0.5, 0.6) is 0 Å². The highest BCUT2D eigenvalue weighted by Gasteiger charge is 2.27. The van der Waals surface area contributed by atoms with Crippen LogP contribution in [0.2, 0.25) is 0 Å². The molecule has 1 atom stereocenters. The van der Waals surface area contributed by atoms with Crippen molar-refractivity contribution in [3.05, 3.63) is 71.3 Å². The first kappa shape index (κ1) is 14.9. The average molecular weight is 303 g/mol. The van der Waals surface area contributed by atoms with Gasteiger partial charge in [-0.3, -0.25) is 4.90 Å². The van der Waals surface area contributed by atoms with Crippen LogP contribution < -0.4 is 4.90 Å². The monoisotopic (exact) mass is 303 g/mol. The highest BCUT2D eigenvalue weighted by molar-refractivity contribution is 5.94. The van der Waals surface area contributed by atoms with Gasteiger partial charge in [-0.05, 0) is 36.8 Å². The number of hydrogen-bond acceptors (Lipinski definition) is 2. The second-order valence-corrected chi connectivity index (χ2v) is 5.34. The average Bonchev–Trinajstić information content (AvgIpc) is 2.60. The van der Waals surface area contributed by atoms with Gasteiger partial charge in [-0.1, -0.05) is 53.8 Å². The standard InChI is InChI=1S/C20H17NO2/c1-15-7-9-16(10-8-15)11-13-18-14-12-17-5-3-4-6-19(17)21(18)20(22)23-2/h3-10,12,14,18H,1-2H3. The maximum atomic E-state index is 12.2. The number of anilines is 1. The Morgan fingerprint density at radius 3 is 2.61 bits per heavy atom. The van der Waals surface area contributed by atoms with Crippen molar-refractivity contribution < 1.29 is 9.53 Å². The van der Waals surface area contributed by atoms with Crippen LogP contribution in [-0.4, -0.2) is 19.2 Å². The fourth-order valence-corrected chi connectivity index (χ4v) is 2.50. The number of carbonyl (C=O) groups excluding carboxylic acids is 1. The summed E-state index contributed by atoms with van der Waals surface area (Å²) in [6.07, 6.45) is 3.49. The van der Waals surface area contributed by atoms with E-state index in [4.69, 9.17) is 4.74 Å². The number of nitrogens with zero attached hydrogens (tertiary/aromatic N) is 1. The molecule has 0 saturated heterocycles. The first-order valence-corrected chi connectivity index (χ1v) is 7.41. The Hall–Kier alpha value is -2.99. The molecular formula is C20H17NO2. The van der Waals surface area contributed by atoms with E-state index < -0.39 is 6.09 Å². The highest BCUT2D eigenvalue weighted by Crippen LogP contribution is 2.29. The number of para-hydroxylation sites is 1. The molecule has 1 aliphatic rings. The molecule has 1 heterocycles. The topological polar surface area (TPSA) is 29.5 Å². The highest BCUT2D eigenvalue weighted by atomic mass is 16.5. The predicted molar refractivity (Wildman–Crippen MR) is 92.2 cm³/mol. The number of amides is 1. The molecule has 1 unspecified atom stereocenters. The van der Waals surface area contributed by atoms with E-state index in [1.54, 1.807) is 4.90 Å². The summed E-state index contributed by atoms with van der Waals surface area (Å²) >= 11 is 0. The van der Waals surface area contributed by atoms with Gasteiger partial charge in [0.05, 0.1) is 12.8 Å². The van der Waals surface area contributed by atoms with Gasteiger partial charge in [0.25, 0.3) is 0 Å². The molecule has 3 rings (SSSR count). The number of carbonyl (C=O) groups is 1. The van der Waals surface area contributed by atoms with E-state index in [0.29, 0.717) is 0 Å². The molecule has 2 aromatic rings. The molecule has 0 N–H and O–H groups in total. The first-order chi connectivity index (χ1) is 11.2. The van der Waals surface area contributed by atoms with Crippen molar-refractivity contribution in [2.45, 2.75) is 13.0 Å². The molecule has 0 radical (unpaired) electrons. The fraction of sp³-hybridized carbons (Fsp3) is 0.150. The van der Waals surface area contributed by atoms with Crippen LogP contribution >= 0.6 is 0 Å². The number of aryl methyl sites for hydroxylation is 1. The zero-order valence-electron chi connectivity index (χ0n) is 13.1. The predicted octanol–water partition coefficient (Wildman–Crippen LogP) is 4.01. The fourth-order valence-electron chi connectivity index (χ4n) is 2.50. The summed E-state index contributed by atoms with van der Waals surface area (Å²) in [7, 11) is 1.38. The van der Waals surface area contributed by atoms with Gasteiger partial charge in [-0.15, -0.1) is 0 Å². The molecular weight excluding hydrogens is 286 g/mol. The SMILES string of the molecule is COC(=O)N1c2ccccc2C=CC1C#Cc1ccc(C)cc1. The lowest BCUT2D eigenvalue weighted by atomic mass is 10.0. The molecule has 114 valence electrons. The third-order valence-electron chi connectivity index (χ3n) is 3.72. The van der Waals surface area contributed by atoms with Crippen molar-refractivity contribution in [2.75, 3.05) is 12.0 Å². The molecule has 0 saturated carbocycles. The lowest BCUT2D eigenvalue weighted by molar-refractivity contribution is 0.178. The molecule has 23 heavy (non-hydrogen) atoms. The molecule has 0 spiro atoms. The van der Waals surface area contributed by atoms with Crippen LogP contribution in [0.4, 0.5) is 10.5 Å². The molecule has 0 aliphatic carbocycles. The van der Waals surface area contributed by atoms with Gasteiger partial charge in [0.15, 0.2) is 0 Å². The van der Waals surface area contributed by atoms with E-state index in [0.717, 1.165) is 16.8 Å². The van der Waals surface area contributed by atoms with Crippen molar-refractivity contribution in [2.24, 2.45) is 0 Å². The van der Waals surface area contributed by atoms with Gasteiger partial charge in [-0.2, -0.15) is 0 Å². The lowest BCUT2D eigenvalue weighted by Gasteiger charge is -2.29. The van der Waals surface area contributed by atoms with E-state index >= 15 is 0 Å². The second-order valence-electron chi connectivity index (χ2n) is 5.34. The van der Waals surface area contributed by atoms with E-state index in [2.05, 4.69) is 11.8 Å². The van der Waals surface area contributed by atoms with Crippen molar-refractivity contribution >= 4 is 17.9 Å². The Labute approximate surface area is 136 Å². The molecule has 1 amide bonds. The quantitative estimate of drug-likeness (QED) is 0.688. The van der Waals surface area contributed by atoms with Crippen LogP contribution in [-0.2, 0) is 4.74 Å². The largest absolute Gasteiger partial charge is 0.452 e. The molecule has 0 bridgehead atoms. The van der Waals surface area contributed by atoms with Crippen LogP contribution in [0, 0.1) is 18.8 Å².